The first-order chi connectivity index (χ1) is 2.94. The minimum Gasteiger partial charge on any atom is -0.748 e. The van der Waals surface area contributed by atoms with Crippen molar-refractivity contribution in [2.24, 2.45) is 0 Å². The molecule has 3 nitrogen and oxygen atoms in total. The molecule has 0 aliphatic heterocycles. The summed E-state index contributed by atoms with van der Waals surface area (Å²) in [5, 5.41) is -0.785. The van der Waals surface area contributed by atoms with Crippen molar-refractivity contribution in [3.05, 3.63) is 0 Å². The second kappa shape index (κ2) is 3.85. The van der Waals surface area contributed by atoms with Crippen molar-refractivity contribution in [1.82, 2.24) is 0 Å². The average molecular weight is 146 g/mol. The van der Waals surface area contributed by atoms with Gasteiger partial charge in [-0.25, -0.2) is 8.42 Å². The molecule has 0 bridgehead atoms. The fourth-order valence-corrected chi connectivity index (χ4v) is 0. The van der Waals surface area contributed by atoms with Gasteiger partial charge in [0, 0.05) is 5.25 Å². The van der Waals surface area contributed by atoms with Gasteiger partial charge in [0.2, 0.25) is 0 Å². The van der Waals surface area contributed by atoms with E-state index in [1.165, 1.54) is 13.8 Å². The second-order valence-electron chi connectivity index (χ2n) is 1.54. The van der Waals surface area contributed by atoms with Crippen molar-refractivity contribution < 1.29 is 42.5 Å². The van der Waals surface area contributed by atoms with Gasteiger partial charge in [0.25, 0.3) is 0 Å². The number of rotatable bonds is 1. The predicted molar refractivity (Wildman–Crippen MR) is 24.8 cm³/mol. The third-order valence-corrected chi connectivity index (χ3v) is 1.73. The monoisotopic (exact) mass is 146 g/mol. The normalized spacial score (nSPS) is 11.0. The van der Waals surface area contributed by atoms with E-state index in [2.05, 4.69) is 0 Å². The SMILES string of the molecule is CC(C)S(=O)(=O)[O-].[Na+]. The Balaban J connectivity index is 0. The van der Waals surface area contributed by atoms with Gasteiger partial charge in [-0.05, 0) is 13.8 Å². The summed E-state index contributed by atoms with van der Waals surface area (Å²) < 4.78 is 29.3. The van der Waals surface area contributed by atoms with E-state index >= 15 is 0 Å². The first-order valence-electron chi connectivity index (χ1n) is 1.89. The molecule has 0 aliphatic carbocycles. The molecule has 0 aromatic rings. The Morgan fingerprint density at radius 1 is 1.38 bits per heavy atom. The van der Waals surface area contributed by atoms with Gasteiger partial charge in [-0.3, -0.25) is 0 Å². The van der Waals surface area contributed by atoms with Crippen LogP contribution in [0.15, 0.2) is 0 Å². The first kappa shape index (κ1) is 11.7. The van der Waals surface area contributed by atoms with Crippen LogP contribution in [0.3, 0.4) is 0 Å². The van der Waals surface area contributed by atoms with Crippen LogP contribution in [0, 0.1) is 0 Å². The minimum absolute atomic E-state index is 0. The summed E-state index contributed by atoms with van der Waals surface area (Å²) >= 11 is 0. The van der Waals surface area contributed by atoms with Crippen molar-refractivity contribution in [2.45, 2.75) is 19.1 Å². The van der Waals surface area contributed by atoms with Crippen LogP contribution in [-0.4, -0.2) is 18.2 Å². The molecule has 0 aliphatic rings. The molecular weight excluding hydrogens is 139 g/mol. The van der Waals surface area contributed by atoms with Crippen LogP contribution in [0.4, 0.5) is 0 Å². The first-order valence-corrected chi connectivity index (χ1v) is 3.36. The molecule has 0 atom stereocenters. The van der Waals surface area contributed by atoms with E-state index in [9.17, 15) is 13.0 Å². The molecule has 5 heteroatoms. The summed E-state index contributed by atoms with van der Waals surface area (Å²) in [4.78, 5) is 0. The molecule has 0 unspecified atom stereocenters. The van der Waals surface area contributed by atoms with Crippen LogP contribution in [0.1, 0.15) is 13.8 Å². The molecule has 0 spiro atoms. The minimum atomic E-state index is -3.99. The summed E-state index contributed by atoms with van der Waals surface area (Å²) in [6, 6.07) is 0. The van der Waals surface area contributed by atoms with E-state index in [1.807, 2.05) is 0 Å². The average Bonchev–Trinajstić information content (AvgIpc) is 1.31. The fraction of sp³-hybridized carbons (Fsp3) is 1.00. The Morgan fingerprint density at radius 2 is 1.50 bits per heavy atom. The summed E-state index contributed by atoms with van der Waals surface area (Å²) in [6.45, 7) is 2.70. The molecule has 0 heterocycles. The van der Waals surface area contributed by atoms with Gasteiger partial charge in [-0.1, -0.05) is 0 Å². The molecule has 0 radical (unpaired) electrons. The van der Waals surface area contributed by atoms with E-state index in [1.54, 1.807) is 0 Å². The van der Waals surface area contributed by atoms with Gasteiger partial charge in [-0.15, -0.1) is 0 Å². The molecule has 44 valence electrons. The van der Waals surface area contributed by atoms with Gasteiger partial charge in [-0.2, -0.15) is 0 Å². The van der Waals surface area contributed by atoms with Gasteiger partial charge >= 0.3 is 29.6 Å². The van der Waals surface area contributed by atoms with Crippen LogP contribution in [0.25, 0.3) is 0 Å². The van der Waals surface area contributed by atoms with Gasteiger partial charge in [0.1, 0.15) is 0 Å². The molecule has 0 N–H and O–H groups in total. The van der Waals surface area contributed by atoms with Crippen molar-refractivity contribution in [1.29, 1.82) is 0 Å². The van der Waals surface area contributed by atoms with Crippen LogP contribution < -0.4 is 29.6 Å². The van der Waals surface area contributed by atoms with E-state index in [0.717, 1.165) is 0 Å². The van der Waals surface area contributed by atoms with Crippen LogP contribution in [-0.2, 0) is 10.1 Å². The summed E-state index contributed by atoms with van der Waals surface area (Å²) in [6.07, 6.45) is 0. The summed E-state index contributed by atoms with van der Waals surface area (Å²) in [7, 11) is -3.99. The van der Waals surface area contributed by atoms with Crippen LogP contribution in [0.5, 0.6) is 0 Å². The quantitative estimate of drug-likeness (QED) is 0.291. The Hall–Kier alpha value is 0.910. The zero-order chi connectivity index (χ0) is 6.08. The Kier molecular flexibility index (Phi) is 5.61. The molecule has 0 saturated heterocycles. The van der Waals surface area contributed by atoms with Crippen LogP contribution in [0.2, 0.25) is 0 Å². The zero-order valence-electron chi connectivity index (χ0n) is 5.21. The van der Waals surface area contributed by atoms with Crippen molar-refractivity contribution in [2.75, 3.05) is 0 Å². The summed E-state index contributed by atoms with van der Waals surface area (Å²) in [5.41, 5.74) is 0. The third-order valence-electron chi connectivity index (χ3n) is 0.577. The fourth-order valence-electron chi connectivity index (χ4n) is 0. The van der Waals surface area contributed by atoms with Gasteiger partial charge in [0.05, 0.1) is 10.1 Å². The molecule has 0 aromatic carbocycles. The number of hydrogen-bond acceptors (Lipinski definition) is 3. The van der Waals surface area contributed by atoms with Gasteiger partial charge < -0.3 is 4.55 Å². The summed E-state index contributed by atoms with van der Waals surface area (Å²) in [5.74, 6) is 0. The molecule has 0 amide bonds. The predicted octanol–water partition coefficient (Wildman–Crippen LogP) is -3.06. The molecule has 0 aromatic heterocycles. The largest absolute Gasteiger partial charge is 1.00 e. The van der Waals surface area contributed by atoms with Gasteiger partial charge in [0.15, 0.2) is 0 Å². The Morgan fingerprint density at radius 3 is 1.50 bits per heavy atom. The van der Waals surface area contributed by atoms with Crippen molar-refractivity contribution in [3.8, 4) is 0 Å². The van der Waals surface area contributed by atoms with E-state index in [4.69, 9.17) is 0 Å². The van der Waals surface area contributed by atoms with Crippen molar-refractivity contribution in [3.63, 3.8) is 0 Å². The Bertz CT molecular complexity index is 137. The smallest absolute Gasteiger partial charge is 0.748 e. The van der Waals surface area contributed by atoms with E-state index in [0.29, 0.717) is 0 Å². The van der Waals surface area contributed by atoms with E-state index in [-0.39, 0.29) is 29.6 Å². The second-order valence-corrected chi connectivity index (χ2v) is 3.47. The van der Waals surface area contributed by atoms with Crippen LogP contribution >= 0.6 is 0 Å². The molecule has 0 saturated carbocycles. The maximum Gasteiger partial charge on any atom is 1.00 e. The topological polar surface area (TPSA) is 57.2 Å². The molecule has 0 fully saturated rings. The molecular formula is C3H7NaO3S. The maximum absolute atomic E-state index is 9.78. The molecule has 0 rings (SSSR count). The Labute approximate surface area is 71.5 Å². The van der Waals surface area contributed by atoms with E-state index < -0.39 is 15.4 Å². The third kappa shape index (κ3) is 5.05. The standard InChI is InChI=1S/C3H8O3S.Na/c1-3(2)7(4,5)6;/h3H,1-2H3,(H,4,5,6);/q;+1/p-1. The maximum atomic E-state index is 9.78. The number of hydrogen-bond donors (Lipinski definition) is 0. The zero-order valence-corrected chi connectivity index (χ0v) is 8.03. The molecule has 8 heavy (non-hydrogen) atoms. The van der Waals surface area contributed by atoms with Crippen molar-refractivity contribution >= 4 is 10.1 Å².